The number of carbonyl (C=O) groups is 5. The van der Waals surface area contributed by atoms with Crippen LogP contribution in [0.2, 0.25) is 0 Å². The van der Waals surface area contributed by atoms with Crippen LogP contribution in [0.25, 0.3) is 0 Å². The molecule has 260 valence electrons. The Morgan fingerprint density at radius 2 is 1.20 bits per heavy atom. The van der Waals surface area contributed by atoms with E-state index in [0.29, 0.717) is 17.2 Å². The van der Waals surface area contributed by atoms with E-state index >= 15 is 0 Å². The fourth-order valence-electron chi connectivity index (χ4n) is 4.27. The normalized spacial score (nSPS) is 10.9. The van der Waals surface area contributed by atoms with Crippen molar-refractivity contribution in [1.82, 2.24) is 0 Å². The molecular formula is C35H32N2O13. The van der Waals surface area contributed by atoms with Crippen LogP contribution >= 0.6 is 0 Å². The number of carbonyl (C=O) groups excluding carboxylic acids is 1. The lowest BCUT2D eigenvalue weighted by atomic mass is 9.96. The Morgan fingerprint density at radius 3 is 1.80 bits per heavy atom. The van der Waals surface area contributed by atoms with Gasteiger partial charge in [-0.05, 0) is 90.5 Å². The lowest BCUT2D eigenvalue weighted by molar-refractivity contribution is -0.228. The molecule has 0 spiro atoms. The molecule has 0 aliphatic heterocycles. The van der Waals surface area contributed by atoms with Gasteiger partial charge in [-0.25, -0.2) is 19.2 Å². The summed E-state index contributed by atoms with van der Waals surface area (Å²) < 4.78 is 5.85. The first-order chi connectivity index (χ1) is 23.7. The molecule has 0 saturated heterocycles. The Hall–Kier alpha value is -6.45. The van der Waals surface area contributed by atoms with Crippen LogP contribution in [0.1, 0.15) is 71.2 Å². The first-order valence-electron chi connectivity index (χ1n) is 14.7. The molecule has 0 fully saturated rings. The largest absolute Gasteiger partial charge is 0.493 e. The van der Waals surface area contributed by atoms with Gasteiger partial charge in [-0.1, -0.05) is 13.8 Å². The van der Waals surface area contributed by atoms with Gasteiger partial charge >= 0.3 is 23.9 Å². The molecule has 0 heterocycles. The molecule has 0 aliphatic rings. The number of carboxylic acids is 4. The topological polar surface area (TPSA) is 227 Å². The third kappa shape index (κ3) is 10.0. The Kier molecular flexibility index (Phi) is 11.7. The molecule has 1 amide bonds. The second-order valence-electron chi connectivity index (χ2n) is 11.5. The number of carboxylic acid groups (broad SMARTS) is 4. The number of amides is 1. The van der Waals surface area contributed by atoms with Gasteiger partial charge in [0, 0.05) is 11.0 Å². The molecule has 4 aromatic rings. The molecule has 4 rings (SSSR count). The van der Waals surface area contributed by atoms with Crippen molar-refractivity contribution in [3.05, 3.63) is 118 Å². The van der Waals surface area contributed by atoms with E-state index in [2.05, 4.69) is 10.8 Å². The Labute approximate surface area is 284 Å². The molecule has 0 atom stereocenters. The highest BCUT2D eigenvalue weighted by Gasteiger charge is 2.22. The molecule has 50 heavy (non-hydrogen) atoms. The average molecular weight is 689 g/mol. The number of rotatable bonds is 17. The van der Waals surface area contributed by atoms with E-state index in [1.54, 1.807) is 36.4 Å². The van der Waals surface area contributed by atoms with Crippen LogP contribution in [0.4, 0.5) is 11.4 Å². The second kappa shape index (κ2) is 16.1. The number of ether oxygens (including phenoxy) is 1. The van der Waals surface area contributed by atoms with Crippen LogP contribution in [0.15, 0.2) is 84.9 Å². The van der Waals surface area contributed by atoms with Gasteiger partial charge in [-0.2, -0.15) is 4.89 Å². The van der Waals surface area contributed by atoms with Crippen LogP contribution in [-0.4, -0.2) is 63.4 Å². The predicted octanol–water partition coefficient (Wildman–Crippen LogP) is 5.69. The van der Waals surface area contributed by atoms with E-state index in [9.17, 15) is 44.4 Å². The number of hydrogen-bond acceptors (Lipinski definition) is 10. The number of hydrogen-bond donors (Lipinski definition) is 6. The van der Waals surface area contributed by atoms with Gasteiger partial charge in [0.15, 0.2) is 5.75 Å². The van der Waals surface area contributed by atoms with Crippen molar-refractivity contribution in [2.45, 2.75) is 20.5 Å². The quantitative estimate of drug-likeness (QED) is 0.0579. The molecule has 15 nitrogen and oxygen atoms in total. The van der Waals surface area contributed by atoms with Crippen molar-refractivity contribution < 1.29 is 63.7 Å². The Morgan fingerprint density at radius 1 is 0.640 bits per heavy atom. The zero-order chi connectivity index (χ0) is 36.4. The molecule has 0 unspecified atom stereocenters. The van der Waals surface area contributed by atoms with Gasteiger partial charge in [0.05, 0.1) is 40.2 Å². The summed E-state index contributed by atoms with van der Waals surface area (Å²) >= 11 is 0. The van der Waals surface area contributed by atoms with Gasteiger partial charge in [-0.15, -0.1) is 0 Å². The third-order valence-corrected chi connectivity index (χ3v) is 6.95. The molecule has 0 aliphatic carbocycles. The van der Waals surface area contributed by atoms with Crippen molar-refractivity contribution in [2.24, 2.45) is 5.41 Å². The van der Waals surface area contributed by atoms with Crippen LogP contribution in [0.5, 0.6) is 11.5 Å². The number of anilines is 2. The van der Waals surface area contributed by atoms with Crippen molar-refractivity contribution in [3.63, 3.8) is 0 Å². The minimum Gasteiger partial charge on any atom is -0.493 e. The number of aromatic carboxylic acids is 4. The van der Waals surface area contributed by atoms with Gasteiger partial charge in [0.1, 0.15) is 19.0 Å². The Bertz CT molecular complexity index is 1890. The summed E-state index contributed by atoms with van der Waals surface area (Å²) in [6.07, 6.45) is 0. The predicted molar refractivity (Wildman–Crippen MR) is 176 cm³/mol. The summed E-state index contributed by atoms with van der Waals surface area (Å²) in [6, 6.07) is 19.5. The Balaban J connectivity index is 1.22. The van der Waals surface area contributed by atoms with Crippen LogP contribution in [0.3, 0.4) is 0 Å². The number of nitrogens with one attached hydrogen (secondary N) is 2. The van der Waals surface area contributed by atoms with E-state index in [0.717, 1.165) is 18.2 Å². The van der Waals surface area contributed by atoms with E-state index in [4.69, 9.17) is 19.3 Å². The van der Waals surface area contributed by atoms with Gasteiger partial charge in [0.2, 0.25) is 0 Å². The molecule has 0 saturated carbocycles. The monoisotopic (exact) mass is 688 g/mol. The fraction of sp³-hybridized carbons (Fsp3) is 0.171. The highest BCUT2D eigenvalue weighted by Crippen LogP contribution is 2.24. The maximum Gasteiger partial charge on any atom is 0.337 e. The van der Waals surface area contributed by atoms with Crippen LogP contribution in [-0.2, 0) is 16.3 Å². The van der Waals surface area contributed by atoms with Crippen molar-refractivity contribution >= 4 is 41.2 Å². The summed E-state index contributed by atoms with van der Waals surface area (Å²) in [7, 11) is 0. The third-order valence-electron chi connectivity index (χ3n) is 6.95. The van der Waals surface area contributed by atoms with E-state index < -0.39 is 35.2 Å². The maximum absolute atomic E-state index is 12.7. The second-order valence-corrected chi connectivity index (χ2v) is 11.5. The molecule has 0 bridgehead atoms. The molecule has 0 aromatic heterocycles. The van der Waals surface area contributed by atoms with E-state index in [1.165, 1.54) is 30.3 Å². The maximum atomic E-state index is 12.7. The van der Waals surface area contributed by atoms with Crippen LogP contribution < -0.4 is 20.4 Å². The summed E-state index contributed by atoms with van der Waals surface area (Å²) in [6.45, 7) is 3.91. The van der Waals surface area contributed by atoms with Gasteiger partial charge in [-0.3, -0.25) is 15.1 Å². The van der Waals surface area contributed by atoms with Crippen molar-refractivity contribution in [1.29, 1.82) is 0 Å². The standard InChI is InChI=1S/C35H32N2O13/c1-35(2,18-47-25-9-3-20(4-10-25)30(38)36-29-16-22(32(41)42)6-14-28(29)34(45)46)19-49-50-26-11-7-24(8-12-26)37-48-17-23-15-21(31(39)40)5-13-27(23)33(43)44/h3-16,37H,17-19H2,1-2H3,(H,36,38)(H,39,40)(H,41,42)(H,43,44)(H,45,46). The summed E-state index contributed by atoms with van der Waals surface area (Å²) in [5.74, 6) is -4.80. The summed E-state index contributed by atoms with van der Waals surface area (Å²) in [5, 5.41) is 39.6. The van der Waals surface area contributed by atoms with Crippen molar-refractivity contribution in [3.8, 4) is 11.5 Å². The zero-order valence-electron chi connectivity index (χ0n) is 26.7. The average Bonchev–Trinajstić information content (AvgIpc) is 3.08. The van der Waals surface area contributed by atoms with Gasteiger partial charge < -0.3 is 35.4 Å². The first kappa shape index (κ1) is 36.4. The lowest BCUT2D eigenvalue weighted by Crippen LogP contribution is -2.28. The smallest absolute Gasteiger partial charge is 0.337 e. The highest BCUT2D eigenvalue weighted by atomic mass is 17.2. The first-order valence-corrected chi connectivity index (χ1v) is 14.7. The molecule has 15 heteroatoms. The van der Waals surface area contributed by atoms with E-state index in [-0.39, 0.29) is 58.9 Å². The minimum atomic E-state index is -1.32. The summed E-state index contributed by atoms with van der Waals surface area (Å²) in [5.41, 5.74) is 2.31. The zero-order valence-corrected chi connectivity index (χ0v) is 26.7. The van der Waals surface area contributed by atoms with Crippen molar-refractivity contribution in [2.75, 3.05) is 24.0 Å². The van der Waals surface area contributed by atoms with Gasteiger partial charge in [0.25, 0.3) is 5.91 Å². The molecule has 0 radical (unpaired) electrons. The molecular weight excluding hydrogens is 656 g/mol. The number of benzene rings is 4. The fourth-order valence-corrected chi connectivity index (χ4v) is 4.27. The molecule has 6 N–H and O–H groups in total. The van der Waals surface area contributed by atoms with E-state index in [1.807, 2.05) is 13.8 Å². The minimum absolute atomic E-state index is 0.0643. The lowest BCUT2D eigenvalue weighted by Gasteiger charge is -2.23. The van der Waals surface area contributed by atoms with Crippen LogP contribution in [0, 0.1) is 5.41 Å². The highest BCUT2D eigenvalue weighted by molar-refractivity contribution is 6.08. The summed E-state index contributed by atoms with van der Waals surface area (Å²) in [4.78, 5) is 74.4. The SMILES string of the molecule is CC(C)(COOc1ccc(NOCc2cc(C(=O)O)ccc2C(=O)O)cc1)COc1ccc(C(=O)Nc2cc(C(=O)O)ccc2C(=O)O)cc1. The molecule has 4 aromatic carbocycles.